The highest BCUT2D eigenvalue weighted by molar-refractivity contribution is 5.25. The molecule has 0 saturated carbocycles. The Morgan fingerprint density at radius 3 is 3.00 bits per heavy atom. The molecule has 1 aliphatic heterocycles. The maximum absolute atomic E-state index is 13.7. The van der Waals surface area contributed by atoms with Gasteiger partial charge in [-0.2, -0.15) is 0 Å². The van der Waals surface area contributed by atoms with Crippen molar-refractivity contribution in [1.29, 1.82) is 0 Å². The van der Waals surface area contributed by atoms with Crippen LogP contribution >= 0.6 is 0 Å². The number of rotatable bonds is 4. The van der Waals surface area contributed by atoms with E-state index in [4.69, 9.17) is 5.73 Å². The molecule has 1 aliphatic rings. The van der Waals surface area contributed by atoms with E-state index in [1.54, 1.807) is 6.07 Å². The highest BCUT2D eigenvalue weighted by atomic mass is 19.1. The lowest BCUT2D eigenvalue weighted by Crippen LogP contribution is -2.36. The summed E-state index contributed by atoms with van der Waals surface area (Å²) in [5, 5.41) is 9.19. The summed E-state index contributed by atoms with van der Waals surface area (Å²) in [5.41, 5.74) is 7.24. The van der Waals surface area contributed by atoms with E-state index in [9.17, 15) is 9.50 Å². The van der Waals surface area contributed by atoms with Crippen molar-refractivity contribution in [3.8, 4) is 0 Å². The Morgan fingerprint density at radius 1 is 1.44 bits per heavy atom. The second-order valence-electron chi connectivity index (χ2n) is 5.06. The van der Waals surface area contributed by atoms with Crippen LogP contribution in [0, 0.1) is 11.7 Å². The first kappa shape index (κ1) is 13.5. The number of benzene rings is 1. The van der Waals surface area contributed by atoms with Gasteiger partial charge >= 0.3 is 0 Å². The number of hydrogen-bond acceptors (Lipinski definition) is 3. The smallest absolute Gasteiger partial charge is 0.127 e. The molecule has 0 amide bonds. The summed E-state index contributed by atoms with van der Waals surface area (Å²) in [6.07, 6.45) is 2.14. The Hall–Kier alpha value is -0.970. The molecular weight excluding hydrogens is 231 g/mol. The number of aliphatic hydroxyl groups is 1. The number of likely N-dealkylation sites (tertiary alicyclic amines) is 1. The molecule has 1 saturated heterocycles. The Balaban J connectivity index is 2.04. The Bertz CT molecular complexity index is 397. The van der Waals surface area contributed by atoms with E-state index in [2.05, 4.69) is 4.90 Å². The first-order chi connectivity index (χ1) is 8.72. The van der Waals surface area contributed by atoms with Crippen LogP contribution in [0.2, 0.25) is 0 Å². The summed E-state index contributed by atoms with van der Waals surface area (Å²) in [4.78, 5) is 2.21. The van der Waals surface area contributed by atoms with Crippen LogP contribution in [0.25, 0.3) is 0 Å². The van der Waals surface area contributed by atoms with Crippen LogP contribution in [0.3, 0.4) is 0 Å². The fourth-order valence-corrected chi connectivity index (χ4v) is 2.56. The molecule has 0 radical (unpaired) electrons. The first-order valence-corrected chi connectivity index (χ1v) is 6.53. The maximum atomic E-state index is 13.7. The monoisotopic (exact) mass is 252 g/mol. The molecule has 1 unspecified atom stereocenters. The zero-order chi connectivity index (χ0) is 13.0. The Labute approximate surface area is 107 Å². The normalized spacial score (nSPS) is 21.2. The van der Waals surface area contributed by atoms with Crippen LogP contribution in [-0.2, 0) is 13.1 Å². The zero-order valence-corrected chi connectivity index (χ0v) is 10.6. The van der Waals surface area contributed by atoms with Crippen LogP contribution < -0.4 is 5.73 Å². The summed E-state index contributed by atoms with van der Waals surface area (Å²) in [5.74, 6) is 0.165. The molecular formula is C14H21FN2O. The molecule has 0 aliphatic carbocycles. The average molecular weight is 252 g/mol. The van der Waals surface area contributed by atoms with Gasteiger partial charge in [0.15, 0.2) is 0 Å². The van der Waals surface area contributed by atoms with Gasteiger partial charge in [0.05, 0.1) is 0 Å². The van der Waals surface area contributed by atoms with Gasteiger partial charge in [-0.05, 0) is 36.9 Å². The van der Waals surface area contributed by atoms with Gasteiger partial charge in [0.1, 0.15) is 5.82 Å². The van der Waals surface area contributed by atoms with Crippen molar-refractivity contribution in [2.75, 3.05) is 19.7 Å². The van der Waals surface area contributed by atoms with Crippen molar-refractivity contribution in [3.05, 3.63) is 35.1 Å². The summed E-state index contributed by atoms with van der Waals surface area (Å²) in [6, 6.07) is 5.06. The topological polar surface area (TPSA) is 49.5 Å². The second-order valence-corrected chi connectivity index (χ2v) is 5.06. The Morgan fingerprint density at radius 2 is 2.28 bits per heavy atom. The fraction of sp³-hybridized carbons (Fsp3) is 0.571. The van der Waals surface area contributed by atoms with Crippen molar-refractivity contribution in [2.24, 2.45) is 11.7 Å². The van der Waals surface area contributed by atoms with Crippen LogP contribution in [0.4, 0.5) is 4.39 Å². The van der Waals surface area contributed by atoms with Gasteiger partial charge in [0, 0.05) is 31.8 Å². The molecule has 1 aromatic carbocycles. The third kappa shape index (κ3) is 3.28. The van der Waals surface area contributed by atoms with Crippen molar-refractivity contribution in [3.63, 3.8) is 0 Å². The lowest BCUT2D eigenvalue weighted by Gasteiger charge is -2.31. The largest absolute Gasteiger partial charge is 0.396 e. The van der Waals surface area contributed by atoms with Gasteiger partial charge in [0.2, 0.25) is 0 Å². The summed E-state index contributed by atoms with van der Waals surface area (Å²) < 4.78 is 13.7. The highest BCUT2D eigenvalue weighted by Gasteiger charge is 2.20. The van der Waals surface area contributed by atoms with Gasteiger partial charge in [-0.1, -0.05) is 12.1 Å². The minimum Gasteiger partial charge on any atom is -0.396 e. The number of halogens is 1. The van der Waals surface area contributed by atoms with Gasteiger partial charge < -0.3 is 10.8 Å². The molecule has 100 valence electrons. The van der Waals surface area contributed by atoms with Crippen LogP contribution in [0.5, 0.6) is 0 Å². The highest BCUT2D eigenvalue weighted by Crippen LogP contribution is 2.20. The Kier molecular flexibility index (Phi) is 4.69. The van der Waals surface area contributed by atoms with E-state index in [1.165, 1.54) is 6.07 Å². The third-order valence-electron chi connectivity index (χ3n) is 3.60. The molecule has 3 nitrogen and oxygen atoms in total. The van der Waals surface area contributed by atoms with Crippen LogP contribution in [0.1, 0.15) is 24.0 Å². The predicted molar refractivity (Wildman–Crippen MR) is 69.4 cm³/mol. The lowest BCUT2D eigenvalue weighted by atomic mass is 9.98. The van der Waals surface area contributed by atoms with E-state index < -0.39 is 0 Å². The summed E-state index contributed by atoms with van der Waals surface area (Å²) in [6.45, 7) is 3.09. The number of nitrogens with two attached hydrogens (primary N) is 1. The summed E-state index contributed by atoms with van der Waals surface area (Å²) >= 11 is 0. The van der Waals surface area contributed by atoms with Crippen molar-refractivity contribution < 1.29 is 9.50 Å². The van der Waals surface area contributed by atoms with E-state index >= 15 is 0 Å². The minimum absolute atomic E-state index is 0.168. The van der Waals surface area contributed by atoms with E-state index in [-0.39, 0.29) is 12.4 Å². The quantitative estimate of drug-likeness (QED) is 0.853. The number of aliphatic hydroxyl groups excluding tert-OH is 1. The van der Waals surface area contributed by atoms with E-state index in [1.807, 2.05) is 6.07 Å². The maximum Gasteiger partial charge on any atom is 0.127 e. The van der Waals surface area contributed by atoms with Crippen LogP contribution in [0.15, 0.2) is 18.2 Å². The van der Waals surface area contributed by atoms with Crippen molar-refractivity contribution in [2.45, 2.75) is 25.9 Å². The number of nitrogens with zero attached hydrogens (tertiary/aromatic N) is 1. The minimum atomic E-state index is -0.168. The summed E-state index contributed by atoms with van der Waals surface area (Å²) in [7, 11) is 0. The molecule has 1 aromatic rings. The molecule has 0 spiro atoms. The van der Waals surface area contributed by atoms with Crippen molar-refractivity contribution in [1.82, 2.24) is 4.90 Å². The lowest BCUT2D eigenvalue weighted by molar-refractivity contribution is 0.115. The zero-order valence-electron chi connectivity index (χ0n) is 10.6. The average Bonchev–Trinajstić information content (AvgIpc) is 2.41. The number of piperidine rings is 1. The molecule has 18 heavy (non-hydrogen) atoms. The molecule has 1 atom stereocenters. The standard InChI is InChI=1S/C14H21FN2O/c15-14-4-3-11(7-16)6-13(14)9-17-5-1-2-12(8-17)10-18/h3-4,6,12,18H,1-2,5,7-10,16H2. The SMILES string of the molecule is NCc1ccc(F)c(CN2CCCC(CO)C2)c1. The molecule has 1 fully saturated rings. The first-order valence-electron chi connectivity index (χ1n) is 6.53. The third-order valence-corrected chi connectivity index (χ3v) is 3.60. The van der Waals surface area contributed by atoms with Gasteiger partial charge in [-0.25, -0.2) is 4.39 Å². The molecule has 0 aromatic heterocycles. The fourth-order valence-electron chi connectivity index (χ4n) is 2.56. The number of hydrogen-bond donors (Lipinski definition) is 2. The molecule has 0 bridgehead atoms. The van der Waals surface area contributed by atoms with Gasteiger partial charge in [-0.3, -0.25) is 4.90 Å². The van der Waals surface area contributed by atoms with E-state index in [0.717, 1.165) is 31.5 Å². The van der Waals surface area contributed by atoms with Gasteiger partial charge in [0.25, 0.3) is 0 Å². The molecule has 1 heterocycles. The van der Waals surface area contributed by atoms with Gasteiger partial charge in [-0.15, -0.1) is 0 Å². The predicted octanol–water partition coefficient (Wildman–Crippen LogP) is 1.49. The van der Waals surface area contributed by atoms with Crippen LogP contribution in [-0.4, -0.2) is 29.7 Å². The van der Waals surface area contributed by atoms with Crippen molar-refractivity contribution >= 4 is 0 Å². The van der Waals surface area contributed by atoms with E-state index in [0.29, 0.717) is 24.6 Å². The molecule has 4 heteroatoms. The molecule has 2 rings (SSSR count). The molecule has 3 N–H and O–H groups in total. The second kappa shape index (κ2) is 6.27.